The van der Waals surface area contributed by atoms with Gasteiger partial charge in [0.2, 0.25) is 0 Å². The molecule has 4 rings (SSSR count). The fourth-order valence-electron chi connectivity index (χ4n) is 3.32. The van der Waals surface area contributed by atoms with Gasteiger partial charge < -0.3 is 20.4 Å². The first-order valence-corrected chi connectivity index (χ1v) is 11.1. The van der Waals surface area contributed by atoms with Crippen LogP contribution >= 0.6 is 23.2 Å². The van der Waals surface area contributed by atoms with Gasteiger partial charge in [0, 0.05) is 31.1 Å². The number of nitrogens with one attached hydrogen (secondary N) is 1. The summed E-state index contributed by atoms with van der Waals surface area (Å²) in [4.78, 5) is 16.8. The summed E-state index contributed by atoms with van der Waals surface area (Å²) < 4.78 is 46.0. The Bertz CT molecular complexity index is 1380. The average Bonchev–Trinajstić information content (AvgIpc) is 3.43. The molecule has 188 valence electrons. The van der Waals surface area contributed by atoms with Crippen LogP contribution in [0.25, 0.3) is 17.1 Å². The number of hydrogen-bond acceptors (Lipinski definition) is 6. The maximum absolute atomic E-state index is 13.2. The lowest BCUT2D eigenvalue weighted by molar-refractivity contribution is -0.140. The molecular formula is C22H18Cl2F3N7O2. The summed E-state index contributed by atoms with van der Waals surface area (Å²) >= 11 is 12.4. The smallest absolute Gasteiger partial charge is 0.383 e. The molecule has 2 aromatic carbocycles. The zero-order valence-electron chi connectivity index (χ0n) is 18.6. The Labute approximate surface area is 212 Å². The molecule has 3 N–H and O–H groups in total. The van der Waals surface area contributed by atoms with Crippen molar-refractivity contribution >= 4 is 40.6 Å². The van der Waals surface area contributed by atoms with E-state index >= 15 is 0 Å². The standard InChI is InChI=1S/C22H18Cl2F3N7O2/c1-36-10-9-33-11-16(22(25,26)27)30-21(33)12-5-7-13(8-6-12)29-20-17(19(28)35)31-34(32-20)18-14(23)3-2-4-15(18)24/h2-8,11H,9-10H2,1H3,(H2,28,35)(H,29,32). The van der Waals surface area contributed by atoms with Gasteiger partial charge in [0.05, 0.1) is 16.7 Å². The van der Waals surface area contributed by atoms with E-state index < -0.39 is 17.8 Å². The highest BCUT2D eigenvalue weighted by Gasteiger charge is 2.35. The van der Waals surface area contributed by atoms with Gasteiger partial charge in [0.25, 0.3) is 5.91 Å². The van der Waals surface area contributed by atoms with Crippen LogP contribution in [-0.2, 0) is 17.5 Å². The molecule has 0 aliphatic heterocycles. The molecule has 1 amide bonds. The Kier molecular flexibility index (Phi) is 7.20. The second-order valence-corrected chi connectivity index (χ2v) is 8.27. The normalized spacial score (nSPS) is 11.6. The van der Waals surface area contributed by atoms with Crippen molar-refractivity contribution in [3.63, 3.8) is 0 Å². The first kappa shape index (κ1) is 25.5. The zero-order chi connectivity index (χ0) is 26.0. The number of nitrogens with two attached hydrogens (primary N) is 1. The average molecular weight is 540 g/mol. The number of benzene rings is 2. The summed E-state index contributed by atoms with van der Waals surface area (Å²) in [7, 11) is 1.46. The van der Waals surface area contributed by atoms with Gasteiger partial charge in [-0.05, 0) is 36.4 Å². The zero-order valence-corrected chi connectivity index (χ0v) is 20.1. The molecule has 4 aromatic rings. The number of methoxy groups -OCH3 is 1. The molecule has 0 unspecified atom stereocenters. The number of halogens is 5. The van der Waals surface area contributed by atoms with Crippen LogP contribution in [-0.4, -0.2) is 44.2 Å². The molecule has 0 fully saturated rings. The molecule has 2 aromatic heterocycles. The van der Waals surface area contributed by atoms with Crippen LogP contribution in [0, 0.1) is 0 Å². The van der Waals surface area contributed by atoms with E-state index in [1.807, 2.05) is 0 Å². The molecule has 14 heteroatoms. The molecule has 9 nitrogen and oxygen atoms in total. The highest BCUT2D eigenvalue weighted by molar-refractivity contribution is 6.37. The van der Waals surface area contributed by atoms with Crippen molar-refractivity contribution < 1.29 is 22.7 Å². The monoisotopic (exact) mass is 539 g/mol. The highest BCUT2D eigenvalue weighted by atomic mass is 35.5. The van der Waals surface area contributed by atoms with Gasteiger partial charge >= 0.3 is 6.18 Å². The van der Waals surface area contributed by atoms with E-state index in [0.29, 0.717) is 11.3 Å². The van der Waals surface area contributed by atoms with E-state index in [9.17, 15) is 18.0 Å². The third-order valence-corrected chi connectivity index (χ3v) is 5.60. The fraction of sp³-hybridized carbons (Fsp3) is 0.182. The molecular weight excluding hydrogens is 522 g/mol. The number of alkyl halides is 3. The number of carbonyl (C=O) groups is 1. The van der Waals surface area contributed by atoms with Crippen LogP contribution in [0.1, 0.15) is 16.2 Å². The van der Waals surface area contributed by atoms with E-state index in [-0.39, 0.29) is 46.2 Å². The van der Waals surface area contributed by atoms with Crippen molar-refractivity contribution in [2.75, 3.05) is 19.0 Å². The number of rotatable bonds is 8. The molecule has 0 aliphatic carbocycles. The predicted octanol–water partition coefficient (Wildman–Crippen LogP) is 4.95. The summed E-state index contributed by atoms with van der Waals surface area (Å²) in [5.74, 6) is -0.682. The maximum atomic E-state index is 13.2. The second kappa shape index (κ2) is 10.2. The highest BCUT2D eigenvalue weighted by Crippen LogP contribution is 2.32. The van der Waals surface area contributed by atoms with Crippen LogP contribution in [0.4, 0.5) is 24.7 Å². The quantitative estimate of drug-likeness (QED) is 0.327. The first-order chi connectivity index (χ1) is 17.1. The van der Waals surface area contributed by atoms with Gasteiger partial charge in [0.1, 0.15) is 11.5 Å². The number of para-hydroxylation sites is 1. The Hall–Kier alpha value is -3.61. The summed E-state index contributed by atoms with van der Waals surface area (Å²) in [5, 5.41) is 11.8. The summed E-state index contributed by atoms with van der Waals surface area (Å²) in [6.45, 7) is 0.395. The van der Waals surface area contributed by atoms with Crippen molar-refractivity contribution in [3.05, 3.63) is 70.1 Å². The van der Waals surface area contributed by atoms with E-state index in [4.69, 9.17) is 33.7 Å². The molecule has 2 heterocycles. The Morgan fingerprint density at radius 2 is 1.78 bits per heavy atom. The second-order valence-electron chi connectivity index (χ2n) is 7.46. The van der Waals surface area contributed by atoms with Gasteiger partial charge in [0.15, 0.2) is 17.2 Å². The van der Waals surface area contributed by atoms with E-state index in [1.54, 1.807) is 42.5 Å². The molecule has 36 heavy (non-hydrogen) atoms. The van der Waals surface area contributed by atoms with Crippen LogP contribution in [0.3, 0.4) is 0 Å². The number of anilines is 2. The summed E-state index contributed by atoms with van der Waals surface area (Å²) in [5.41, 5.74) is 5.45. The number of aromatic nitrogens is 5. The van der Waals surface area contributed by atoms with Gasteiger partial charge in [-0.1, -0.05) is 29.3 Å². The largest absolute Gasteiger partial charge is 0.434 e. The Morgan fingerprint density at radius 3 is 2.36 bits per heavy atom. The van der Waals surface area contributed by atoms with Crippen LogP contribution < -0.4 is 11.1 Å². The Balaban J connectivity index is 1.65. The van der Waals surface area contributed by atoms with Crippen molar-refractivity contribution in [1.29, 1.82) is 0 Å². The first-order valence-electron chi connectivity index (χ1n) is 10.3. The number of hydrogen-bond donors (Lipinski definition) is 2. The lowest BCUT2D eigenvalue weighted by atomic mass is 10.2. The molecule has 0 aliphatic rings. The van der Waals surface area contributed by atoms with Crippen molar-refractivity contribution in [1.82, 2.24) is 24.5 Å². The Morgan fingerprint density at radius 1 is 1.11 bits per heavy atom. The minimum absolute atomic E-state index is 0.0344. The lowest BCUT2D eigenvalue weighted by Gasteiger charge is -2.09. The van der Waals surface area contributed by atoms with Crippen molar-refractivity contribution in [3.8, 4) is 17.1 Å². The maximum Gasteiger partial charge on any atom is 0.434 e. The number of primary amides is 1. The molecule has 0 radical (unpaired) electrons. The third kappa shape index (κ3) is 5.30. The number of imidazole rings is 1. The number of nitrogens with zero attached hydrogens (tertiary/aromatic N) is 5. The number of ether oxygens (including phenoxy) is 1. The van der Waals surface area contributed by atoms with Gasteiger partial charge in [-0.25, -0.2) is 4.98 Å². The van der Waals surface area contributed by atoms with E-state index in [0.717, 1.165) is 11.0 Å². The minimum Gasteiger partial charge on any atom is -0.383 e. The SMILES string of the molecule is COCCn1cc(C(F)(F)F)nc1-c1ccc(Nc2nn(-c3c(Cl)cccc3Cl)nc2C(N)=O)cc1. The predicted molar refractivity (Wildman–Crippen MR) is 128 cm³/mol. The summed E-state index contributed by atoms with van der Waals surface area (Å²) in [6.07, 6.45) is -3.64. The fourth-order valence-corrected chi connectivity index (χ4v) is 3.87. The third-order valence-electron chi connectivity index (χ3n) is 4.99. The van der Waals surface area contributed by atoms with Crippen LogP contribution in [0.15, 0.2) is 48.7 Å². The van der Waals surface area contributed by atoms with Crippen LogP contribution in [0.5, 0.6) is 0 Å². The molecule has 0 saturated carbocycles. The molecule has 0 bridgehead atoms. The van der Waals surface area contributed by atoms with Crippen LogP contribution in [0.2, 0.25) is 10.0 Å². The van der Waals surface area contributed by atoms with E-state index in [2.05, 4.69) is 20.5 Å². The van der Waals surface area contributed by atoms with Crippen molar-refractivity contribution in [2.24, 2.45) is 5.73 Å². The topological polar surface area (TPSA) is 113 Å². The molecule has 0 atom stereocenters. The molecule has 0 saturated heterocycles. The van der Waals surface area contributed by atoms with Gasteiger partial charge in [-0.15, -0.1) is 15.0 Å². The minimum atomic E-state index is -4.59. The van der Waals surface area contributed by atoms with E-state index in [1.165, 1.54) is 11.7 Å². The lowest BCUT2D eigenvalue weighted by Crippen LogP contribution is -2.14. The molecule has 0 spiro atoms. The van der Waals surface area contributed by atoms with Gasteiger partial charge in [-0.3, -0.25) is 4.79 Å². The number of carbonyl (C=O) groups excluding carboxylic acids is 1. The van der Waals surface area contributed by atoms with Gasteiger partial charge in [-0.2, -0.15) is 13.2 Å². The number of amides is 1. The summed E-state index contributed by atoms with van der Waals surface area (Å²) in [6, 6.07) is 11.1. The van der Waals surface area contributed by atoms with Crippen molar-refractivity contribution in [2.45, 2.75) is 12.7 Å².